The van der Waals surface area contributed by atoms with Crippen LogP contribution in [-0.4, -0.2) is 50.0 Å². The predicted molar refractivity (Wildman–Crippen MR) is 119 cm³/mol. The van der Waals surface area contributed by atoms with Gasteiger partial charge in [0, 0.05) is 38.2 Å². The van der Waals surface area contributed by atoms with Crippen molar-refractivity contribution in [3.63, 3.8) is 0 Å². The van der Waals surface area contributed by atoms with Crippen molar-refractivity contribution in [1.82, 2.24) is 24.6 Å². The first-order valence-electron chi connectivity index (χ1n) is 11.1. The summed E-state index contributed by atoms with van der Waals surface area (Å²) in [5.41, 5.74) is -0.0790. The van der Waals surface area contributed by atoms with Crippen molar-refractivity contribution >= 4 is 11.8 Å². The van der Waals surface area contributed by atoms with Crippen molar-refractivity contribution in [2.75, 3.05) is 25.4 Å². The van der Waals surface area contributed by atoms with E-state index in [1.165, 1.54) is 6.07 Å². The van der Waals surface area contributed by atoms with Crippen LogP contribution in [0, 0.1) is 25.6 Å². The number of likely N-dealkylation sites (tertiary alicyclic amines) is 1. The zero-order valence-electron chi connectivity index (χ0n) is 19.1. The van der Waals surface area contributed by atoms with Gasteiger partial charge in [-0.3, -0.25) is 0 Å². The summed E-state index contributed by atoms with van der Waals surface area (Å²) < 4.78 is 60.7. The number of benzene rings is 1. The topological polar surface area (TPSA) is 60.0 Å². The van der Waals surface area contributed by atoms with Crippen LogP contribution in [0.4, 0.5) is 17.6 Å². The Hall–Kier alpha value is -2.40. The van der Waals surface area contributed by atoms with Crippen molar-refractivity contribution in [2.24, 2.45) is 13.0 Å². The van der Waals surface area contributed by atoms with Gasteiger partial charge in [-0.2, -0.15) is 13.2 Å². The third-order valence-electron chi connectivity index (χ3n) is 6.84. The number of hydrogen-bond donors (Lipinski definition) is 0. The predicted octanol–water partition coefficient (Wildman–Crippen LogP) is 5.00. The van der Waals surface area contributed by atoms with Crippen molar-refractivity contribution < 1.29 is 22.0 Å². The molecule has 1 aromatic carbocycles. The van der Waals surface area contributed by atoms with E-state index >= 15 is 0 Å². The molecule has 3 aromatic rings. The van der Waals surface area contributed by atoms with Crippen molar-refractivity contribution in [3.05, 3.63) is 46.7 Å². The minimum Gasteiger partial charge on any atom is -0.437 e. The maximum absolute atomic E-state index is 14.6. The molecule has 34 heavy (non-hydrogen) atoms. The number of hydrogen-bond acceptors (Lipinski definition) is 6. The Morgan fingerprint density at radius 1 is 1.24 bits per heavy atom. The van der Waals surface area contributed by atoms with Crippen LogP contribution in [0.3, 0.4) is 0 Å². The van der Waals surface area contributed by atoms with Gasteiger partial charge in [-0.05, 0) is 49.9 Å². The maximum Gasteiger partial charge on any atom is 0.416 e. The molecule has 1 saturated heterocycles. The van der Waals surface area contributed by atoms with E-state index in [0.29, 0.717) is 41.6 Å². The SMILES string of the molecule is Cc1nc(C)c(-c2nnc(SCCCN3C[C@H]4C[C@@]4(c4ccc(C(F)(F)F)cc4F)C3)n2C)o1. The van der Waals surface area contributed by atoms with Gasteiger partial charge in [0.15, 0.2) is 16.8 Å². The molecule has 0 radical (unpaired) electrons. The van der Waals surface area contributed by atoms with E-state index in [9.17, 15) is 17.6 Å². The number of rotatable bonds is 7. The van der Waals surface area contributed by atoms with Gasteiger partial charge in [0.2, 0.25) is 5.82 Å². The van der Waals surface area contributed by atoms with Crippen LogP contribution in [0.2, 0.25) is 0 Å². The van der Waals surface area contributed by atoms with Crippen molar-refractivity contribution in [3.8, 4) is 11.6 Å². The quantitative estimate of drug-likeness (QED) is 0.261. The zero-order chi connectivity index (χ0) is 24.3. The third-order valence-corrected chi connectivity index (χ3v) is 7.95. The lowest BCUT2D eigenvalue weighted by Gasteiger charge is -2.21. The first kappa shape index (κ1) is 23.3. The number of nitrogens with zero attached hydrogens (tertiary/aromatic N) is 5. The first-order chi connectivity index (χ1) is 16.1. The fourth-order valence-corrected chi connectivity index (χ4v) is 5.93. The monoisotopic (exact) mass is 495 g/mol. The van der Waals surface area contributed by atoms with Crippen LogP contribution >= 0.6 is 11.8 Å². The second kappa shape index (κ2) is 8.37. The van der Waals surface area contributed by atoms with Crippen LogP contribution in [0.25, 0.3) is 11.6 Å². The van der Waals surface area contributed by atoms with E-state index < -0.39 is 17.6 Å². The molecule has 0 N–H and O–H groups in total. The smallest absolute Gasteiger partial charge is 0.416 e. The molecular formula is C23H25F4N5OS. The Labute approximate surface area is 198 Å². The normalized spacial score (nSPS) is 22.4. The molecule has 1 aliphatic carbocycles. The summed E-state index contributed by atoms with van der Waals surface area (Å²) in [6, 6.07) is 2.97. The average Bonchev–Trinajstić information content (AvgIpc) is 3.00. The Morgan fingerprint density at radius 2 is 2.03 bits per heavy atom. The molecule has 2 fully saturated rings. The largest absolute Gasteiger partial charge is 0.437 e. The lowest BCUT2D eigenvalue weighted by molar-refractivity contribution is -0.137. The number of piperidine rings is 1. The molecule has 2 aliphatic rings. The molecule has 1 aliphatic heterocycles. The van der Waals surface area contributed by atoms with Gasteiger partial charge in [0.05, 0.1) is 11.3 Å². The highest BCUT2D eigenvalue weighted by atomic mass is 32.2. The summed E-state index contributed by atoms with van der Waals surface area (Å²) >= 11 is 1.61. The van der Waals surface area contributed by atoms with E-state index in [1.807, 2.05) is 18.5 Å². The molecule has 2 atom stereocenters. The minimum absolute atomic E-state index is 0.307. The van der Waals surface area contributed by atoms with Gasteiger partial charge in [-0.15, -0.1) is 10.2 Å². The standard InChI is InChI=1S/C23H25F4N5OS/c1-13-19(33-14(2)28-13)20-29-30-21(31(20)3)34-8-4-7-32-11-16-10-22(16,12-32)17-6-5-15(9-18(17)24)23(25,26)27/h5-6,9,16H,4,7-8,10-12H2,1-3H3/t16-,22-/m1/s1. The number of aromatic nitrogens is 4. The van der Waals surface area contributed by atoms with E-state index in [-0.39, 0.29) is 5.41 Å². The summed E-state index contributed by atoms with van der Waals surface area (Å²) in [5, 5.41) is 9.30. The maximum atomic E-state index is 14.6. The molecule has 182 valence electrons. The molecule has 0 bridgehead atoms. The molecule has 0 unspecified atom stereocenters. The van der Waals surface area contributed by atoms with E-state index in [4.69, 9.17) is 4.42 Å². The van der Waals surface area contributed by atoms with Crippen LogP contribution in [0.15, 0.2) is 27.8 Å². The van der Waals surface area contributed by atoms with Crippen LogP contribution in [-0.2, 0) is 18.6 Å². The average molecular weight is 496 g/mol. The van der Waals surface area contributed by atoms with E-state index in [2.05, 4.69) is 20.1 Å². The summed E-state index contributed by atoms with van der Waals surface area (Å²) in [6.45, 7) is 6.04. The minimum atomic E-state index is -4.53. The molecule has 1 saturated carbocycles. The van der Waals surface area contributed by atoms with E-state index in [0.717, 1.165) is 48.6 Å². The molecule has 5 rings (SSSR count). The summed E-state index contributed by atoms with van der Waals surface area (Å²) in [4.78, 5) is 6.57. The van der Waals surface area contributed by atoms with Gasteiger partial charge in [0.25, 0.3) is 0 Å². The fourth-order valence-electron chi connectivity index (χ4n) is 5.10. The second-order valence-electron chi connectivity index (χ2n) is 9.20. The lowest BCUT2D eigenvalue weighted by atomic mass is 9.93. The Kier molecular flexibility index (Phi) is 5.75. The number of thioether (sulfide) groups is 1. The van der Waals surface area contributed by atoms with Crippen LogP contribution < -0.4 is 0 Å². The third kappa shape index (κ3) is 4.13. The number of oxazole rings is 1. The summed E-state index contributed by atoms with van der Waals surface area (Å²) in [5.74, 6) is 2.24. The van der Waals surface area contributed by atoms with Crippen LogP contribution in [0.1, 0.15) is 35.6 Å². The molecule has 2 aromatic heterocycles. The Morgan fingerprint density at radius 3 is 2.71 bits per heavy atom. The molecule has 0 amide bonds. The van der Waals surface area contributed by atoms with E-state index in [1.54, 1.807) is 18.7 Å². The number of aryl methyl sites for hydroxylation is 2. The highest BCUT2D eigenvalue weighted by molar-refractivity contribution is 7.99. The van der Waals surface area contributed by atoms with Gasteiger partial charge in [0.1, 0.15) is 5.82 Å². The Bertz CT molecular complexity index is 1220. The molecule has 0 spiro atoms. The molecule has 11 heteroatoms. The number of alkyl halides is 3. The summed E-state index contributed by atoms with van der Waals surface area (Å²) in [7, 11) is 1.89. The van der Waals surface area contributed by atoms with Gasteiger partial charge < -0.3 is 13.9 Å². The van der Waals surface area contributed by atoms with Gasteiger partial charge >= 0.3 is 6.18 Å². The van der Waals surface area contributed by atoms with Crippen molar-refractivity contribution in [1.29, 1.82) is 0 Å². The zero-order valence-corrected chi connectivity index (χ0v) is 19.9. The summed E-state index contributed by atoms with van der Waals surface area (Å²) in [6.07, 6.45) is -2.79. The number of fused-ring (bicyclic) bond motifs is 1. The highest BCUT2D eigenvalue weighted by Gasteiger charge is 2.61. The Balaban J connectivity index is 1.15. The molecule has 6 nitrogen and oxygen atoms in total. The fraction of sp³-hybridized carbons (Fsp3) is 0.522. The van der Waals surface area contributed by atoms with Gasteiger partial charge in [-0.25, -0.2) is 9.37 Å². The second-order valence-corrected chi connectivity index (χ2v) is 10.3. The number of halogens is 4. The molecular weight excluding hydrogens is 470 g/mol. The lowest BCUT2D eigenvalue weighted by Crippen LogP contribution is -2.28. The van der Waals surface area contributed by atoms with Crippen molar-refractivity contribution in [2.45, 2.75) is 43.4 Å². The van der Waals surface area contributed by atoms with Gasteiger partial charge in [-0.1, -0.05) is 17.8 Å². The molecule has 3 heterocycles. The highest BCUT2D eigenvalue weighted by Crippen LogP contribution is 2.59. The first-order valence-corrected chi connectivity index (χ1v) is 12.1. The van der Waals surface area contributed by atoms with Crippen LogP contribution in [0.5, 0.6) is 0 Å².